The molecule has 0 atom stereocenters. The molecule has 0 bridgehead atoms. The van der Waals surface area contributed by atoms with Crippen LogP contribution in [0.5, 0.6) is 5.75 Å². The highest BCUT2D eigenvalue weighted by atomic mass is 16.6. The van der Waals surface area contributed by atoms with E-state index in [0.29, 0.717) is 36.2 Å². The van der Waals surface area contributed by atoms with Gasteiger partial charge in [0.1, 0.15) is 11.4 Å². The highest BCUT2D eigenvalue weighted by molar-refractivity contribution is 5.97. The summed E-state index contributed by atoms with van der Waals surface area (Å²) in [7, 11) is 0. The molecule has 2 aromatic rings. The third-order valence-electron chi connectivity index (χ3n) is 4.51. The van der Waals surface area contributed by atoms with E-state index < -0.39 is 5.97 Å². The van der Waals surface area contributed by atoms with Crippen LogP contribution in [0.15, 0.2) is 30.3 Å². The number of nitrogens with one attached hydrogen (secondary N) is 2. The Morgan fingerprint density at radius 3 is 2.52 bits per heavy atom. The summed E-state index contributed by atoms with van der Waals surface area (Å²) in [5.41, 5.74) is 0.753. The van der Waals surface area contributed by atoms with E-state index in [2.05, 4.69) is 15.6 Å². The Bertz CT molecular complexity index is 885. The second-order valence-corrected chi connectivity index (χ2v) is 7.09. The SMILES string of the molecule is CCCCOC(=O)COc1cc(C(=O)NCCNC(=O)CCCC)nc2ccccc12. The number of unbranched alkanes of at least 4 members (excludes halogenated alkanes) is 2. The molecule has 1 aromatic carbocycles. The lowest BCUT2D eigenvalue weighted by Crippen LogP contribution is -2.34. The zero-order valence-electron chi connectivity index (χ0n) is 18.2. The van der Waals surface area contributed by atoms with Gasteiger partial charge in [-0.3, -0.25) is 9.59 Å². The van der Waals surface area contributed by atoms with Crippen LogP contribution in [-0.4, -0.2) is 49.1 Å². The number of rotatable bonds is 13. The van der Waals surface area contributed by atoms with Crippen molar-refractivity contribution < 1.29 is 23.9 Å². The molecule has 0 spiro atoms. The van der Waals surface area contributed by atoms with Crippen LogP contribution in [0.3, 0.4) is 0 Å². The van der Waals surface area contributed by atoms with Crippen molar-refractivity contribution in [1.29, 1.82) is 0 Å². The highest BCUT2D eigenvalue weighted by Gasteiger charge is 2.14. The smallest absolute Gasteiger partial charge is 0.344 e. The van der Waals surface area contributed by atoms with Crippen LogP contribution in [0.2, 0.25) is 0 Å². The molecule has 0 fully saturated rings. The topological polar surface area (TPSA) is 107 Å². The number of aromatic nitrogens is 1. The molecule has 2 N–H and O–H groups in total. The Hall–Kier alpha value is -3.16. The molecule has 1 aromatic heterocycles. The second kappa shape index (κ2) is 13.2. The van der Waals surface area contributed by atoms with Crippen molar-refractivity contribution in [2.24, 2.45) is 0 Å². The van der Waals surface area contributed by atoms with Gasteiger partial charge < -0.3 is 20.1 Å². The lowest BCUT2D eigenvalue weighted by molar-refractivity contribution is -0.146. The van der Waals surface area contributed by atoms with Gasteiger partial charge in [0.2, 0.25) is 5.91 Å². The summed E-state index contributed by atoms with van der Waals surface area (Å²) in [4.78, 5) is 40.4. The van der Waals surface area contributed by atoms with Gasteiger partial charge >= 0.3 is 5.97 Å². The quantitative estimate of drug-likeness (QED) is 0.374. The number of hydrogen-bond donors (Lipinski definition) is 2. The molecule has 0 saturated heterocycles. The summed E-state index contributed by atoms with van der Waals surface area (Å²) in [6, 6.07) is 8.74. The minimum absolute atomic E-state index is 0.0264. The number of pyridine rings is 1. The number of amides is 2. The number of fused-ring (bicyclic) bond motifs is 1. The summed E-state index contributed by atoms with van der Waals surface area (Å²) >= 11 is 0. The number of carbonyl (C=O) groups is 3. The molecule has 8 nitrogen and oxygen atoms in total. The first-order valence-electron chi connectivity index (χ1n) is 10.8. The Labute approximate surface area is 182 Å². The predicted molar refractivity (Wildman–Crippen MR) is 118 cm³/mol. The van der Waals surface area contributed by atoms with Crippen LogP contribution in [0.25, 0.3) is 10.9 Å². The van der Waals surface area contributed by atoms with Crippen LogP contribution in [0.4, 0.5) is 0 Å². The molecular formula is C23H31N3O5. The van der Waals surface area contributed by atoms with Crippen molar-refractivity contribution in [2.45, 2.75) is 46.0 Å². The van der Waals surface area contributed by atoms with Crippen LogP contribution < -0.4 is 15.4 Å². The average molecular weight is 430 g/mol. The van der Waals surface area contributed by atoms with Gasteiger partial charge in [-0.05, 0) is 25.0 Å². The lowest BCUT2D eigenvalue weighted by Gasteiger charge is -2.12. The summed E-state index contributed by atoms with van der Waals surface area (Å²) in [5, 5.41) is 6.20. The number of ether oxygens (including phenoxy) is 2. The molecule has 0 unspecified atom stereocenters. The molecule has 0 aliphatic carbocycles. The molecule has 0 aliphatic heterocycles. The zero-order valence-corrected chi connectivity index (χ0v) is 18.2. The molecule has 1 heterocycles. The molecule has 2 amide bonds. The molecule has 8 heteroatoms. The van der Waals surface area contributed by atoms with Gasteiger partial charge in [0.15, 0.2) is 6.61 Å². The minimum Gasteiger partial charge on any atom is -0.481 e. The number of nitrogens with zero attached hydrogens (tertiary/aromatic N) is 1. The summed E-state index contributed by atoms with van der Waals surface area (Å²) in [6.07, 6.45) is 4.02. The second-order valence-electron chi connectivity index (χ2n) is 7.09. The van der Waals surface area contributed by atoms with E-state index >= 15 is 0 Å². The van der Waals surface area contributed by atoms with Gasteiger partial charge in [0.25, 0.3) is 5.91 Å². The van der Waals surface area contributed by atoms with Gasteiger partial charge in [-0.1, -0.05) is 38.8 Å². The number of para-hydroxylation sites is 1. The number of esters is 1. The van der Waals surface area contributed by atoms with Gasteiger partial charge in [-0.15, -0.1) is 0 Å². The van der Waals surface area contributed by atoms with Crippen molar-refractivity contribution in [3.63, 3.8) is 0 Å². The van der Waals surface area contributed by atoms with Crippen LogP contribution in [0, 0.1) is 0 Å². The fourth-order valence-corrected chi connectivity index (χ4v) is 2.78. The van der Waals surface area contributed by atoms with Gasteiger partial charge in [-0.2, -0.15) is 0 Å². The van der Waals surface area contributed by atoms with Gasteiger partial charge in [0.05, 0.1) is 12.1 Å². The normalized spacial score (nSPS) is 10.5. The largest absolute Gasteiger partial charge is 0.481 e. The maximum atomic E-state index is 12.5. The molecule has 0 radical (unpaired) electrons. The monoisotopic (exact) mass is 429 g/mol. The van der Waals surface area contributed by atoms with Gasteiger partial charge in [-0.25, -0.2) is 9.78 Å². The van der Waals surface area contributed by atoms with E-state index in [1.807, 2.05) is 32.0 Å². The van der Waals surface area contributed by atoms with Crippen molar-refractivity contribution in [3.8, 4) is 5.75 Å². The van der Waals surface area contributed by atoms with Gasteiger partial charge in [0, 0.05) is 31.0 Å². The molecule has 31 heavy (non-hydrogen) atoms. The molecule has 168 valence electrons. The first-order chi connectivity index (χ1) is 15.0. The third-order valence-corrected chi connectivity index (χ3v) is 4.51. The standard InChI is InChI=1S/C23H31N3O5/c1-3-5-11-21(27)24-12-13-25-23(29)19-15-20(17-9-7-8-10-18(17)26-19)31-16-22(28)30-14-6-4-2/h7-10,15H,3-6,11-14,16H2,1-2H3,(H,24,27)(H,25,29). The molecular weight excluding hydrogens is 398 g/mol. The van der Waals surface area contributed by atoms with E-state index in [1.165, 1.54) is 6.07 Å². The van der Waals surface area contributed by atoms with Crippen LogP contribution >= 0.6 is 0 Å². The summed E-state index contributed by atoms with van der Waals surface area (Å²) < 4.78 is 10.8. The first kappa shape index (κ1) is 24.1. The average Bonchev–Trinajstić information content (AvgIpc) is 2.78. The van der Waals surface area contributed by atoms with Crippen LogP contribution in [0.1, 0.15) is 56.4 Å². The molecule has 2 rings (SSSR count). The van der Waals surface area contributed by atoms with E-state index in [9.17, 15) is 14.4 Å². The third kappa shape index (κ3) is 8.24. The maximum absolute atomic E-state index is 12.5. The Morgan fingerprint density at radius 1 is 1.00 bits per heavy atom. The Kier molecular flexibility index (Phi) is 10.3. The minimum atomic E-state index is -0.459. The first-order valence-corrected chi connectivity index (χ1v) is 10.8. The fourth-order valence-electron chi connectivity index (χ4n) is 2.78. The maximum Gasteiger partial charge on any atom is 0.344 e. The van der Waals surface area contributed by atoms with Crippen molar-refractivity contribution >= 4 is 28.7 Å². The van der Waals surface area contributed by atoms with Crippen molar-refractivity contribution in [2.75, 3.05) is 26.3 Å². The molecule has 0 saturated carbocycles. The highest BCUT2D eigenvalue weighted by Crippen LogP contribution is 2.25. The van der Waals surface area contributed by atoms with E-state index in [1.54, 1.807) is 6.07 Å². The van der Waals surface area contributed by atoms with E-state index in [0.717, 1.165) is 25.7 Å². The van der Waals surface area contributed by atoms with Crippen molar-refractivity contribution in [3.05, 3.63) is 36.0 Å². The van der Waals surface area contributed by atoms with Crippen LogP contribution in [-0.2, 0) is 14.3 Å². The number of hydrogen-bond acceptors (Lipinski definition) is 6. The summed E-state index contributed by atoms with van der Waals surface area (Å²) in [5.74, 6) is -0.486. The number of carbonyl (C=O) groups excluding carboxylic acids is 3. The lowest BCUT2D eigenvalue weighted by atomic mass is 10.1. The Morgan fingerprint density at radius 2 is 1.74 bits per heavy atom. The van der Waals surface area contributed by atoms with Crippen molar-refractivity contribution in [1.82, 2.24) is 15.6 Å². The molecule has 0 aliphatic rings. The van der Waals surface area contributed by atoms with E-state index in [4.69, 9.17) is 9.47 Å². The Balaban J connectivity index is 1.98. The zero-order chi connectivity index (χ0) is 22.5. The predicted octanol–water partition coefficient (Wildman–Crippen LogP) is 2.99. The van der Waals surface area contributed by atoms with E-state index in [-0.39, 0.29) is 30.7 Å². The fraction of sp³-hybridized carbons (Fsp3) is 0.478. The summed E-state index contributed by atoms with van der Waals surface area (Å²) in [6.45, 7) is 4.78. The number of benzene rings is 1.